The molecule has 7 nitrogen and oxygen atoms in total. The molecule has 2 aromatic carbocycles. The lowest BCUT2D eigenvalue weighted by Crippen LogP contribution is -2.41. The van der Waals surface area contributed by atoms with Crippen LogP contribution in [0.2, 0.25) is 0 Å². The number of hydrogen-bond acceptors (Lipinski definition) is 5. The third-order valence-corrected chi connectivity index (χ3v) is 5.46. The second kappa shape index (κ2) is 11.6. The molecule has 1 heterocycles. The number of nitrogens with zero attached hydrogens (tertiary/aromatic N) is 3. The van der Waals surface area contributed by atoms with Crippen LogP contribution in [0.15, 0.2) is 48.5 Å². The topological polar surface area (TPSA) is 65.1 Å². The van der Waals surface area contributed by atoms with Crippen LogP contribution < -0.4 is 10.2 Å². The molecule has 0 bridgehead atoms. The number of carbonyl (C=O) groups is 2. The molecule has 3 rings (SSSR count). The molecule has 0 spiro atoms. The molecule has 0 saturated carbocycles. The van der Waals surface area contributed by atoms with Gasteiger partial charge in [-0.2, -0.15) is 0 Å². The van der Waals surface area contributed by atoms with Crippen molar-refractivity contribution >= 4 is 23.2 Å². The predicted molar refractivity (Wildman–Crippen MR) is 123 cm³/mol. The number of ether oxygens (including phenoxy) is 1. The standard InChI is InChI=1S/C24H31FN4O3/c1-3-28(18-24(31)27(2)16-19-4-6-20(25)7-5-19)17-23(30)26-21-8-10-22(11-9-21)29-12-14-32-15-13-29/h4-11H,3,12-18H2,1-2H3,(H,26,30). The lowest BCUT2D eigenvalue weighted by molar-refractivity contribution is -0.132. The minimum Gasteiger partial charge on any atom is -0.378 e. The largest absolute Gasteiger partial charge is 0.378 e. The van der Waals surface area contributed by atoms with E-state index in [1.54, 1.807) is 29.0 Å². The van der Waals surface area contributed by atoms with Gasteiger partial charge in [0.2, 0.25) is 11.8 Å². The first kappa shape index (κ1) is 23.7. The van der Waals surface area contributed by atoms with E-state index >= 15 is 0 Å². The molecule has 2 aromatic rings. The zero-order chi connectivity index (χ0) is 22.9. The first-order valence-electron chi connectivity index (χ1n) is 10.9. The number of carbonyl (C=O) groups excluding carboxylic acids is 2. The summed E-state index contributed by atoms with van der Waals surface area (Å²) in [6.45, 7) is 6.30. The van der Waals surface area contributed by atoms with E-state index in [1.807, 2.05) is 31.2 Å². The molecular weight excluding hydrogens is 411 g/mol. The highest BCUT2D eigenvalue weighted by Gasteiger charge is 2.17. The van der Waals surface area contributed by atoms with E-state index in [1.165, 1.54) is 12.1 Å². The summed E-state index contributed by atoms with van der Waals surface area (Å²) in [5.74, 6) is -0.569. The summed E-state index contributed by atoms with van der Waals surface area (Å²) in [6, 6.07) is 13.8. The fourth-order valence-electron chi connectivity index (χ4n) is 3.52. The van der Waals surface area contributed by atoms with Gasteiger partial charge in [0.1, 0.15) is 5.82 Å². The third-order valence-electron chi connectivity index (χ3n) is 5.46. The van der Waals surface area contributed by atoms with Crippen LogP contribution in [0.25, 0.3) is 0 Å². The first-order valence-corrected chi connectivity index (χ1v) is 10.9. The van der Waals surface area contributed by atoms with Gasteiger partial charge in [-0.1, -0.05) is 19.1 Å². The highest BCUT2D eigenvalue weighted by molar-refractivity contribution is 5.92. The van der Waals surface area contributed by atoms with E-state index < -0.39 is 0 Å². The summed E-state index contributed by atoms with van der Waals surface area (Å²) < 4.78 is 18.4. The van der Waals surface area contributed by atoms with Crippen molar-refractivity contribution in [3.8, 4) is 0 Å². The van der Waals surface area contributed by atoms with Gasteiger partial charge in [0, 0.05) is 38.1 Å². The van der Waals surface area contributed by atoms with Crippen LogP contribution >= 0.6 is 0 Å². The fraction of sp³-hybridized carbons (Fsp3) is 0.417. The Labute approximate surface area is 188 Å². The molecule has 1 N–H and O–H groups in total. The molecule has 2 amide bonds. The number of likely N-dealkylation sites (N-methyl/N-ethyl adjacent to an activating group) is 2. The van der Waals surface area contributed by atoms with E-state index in [0.717, 1.165) is 43.2 Å². The number of benzene rings is 2. The second-order valence-corrected chi connectivity index (χ2v) is 7.87. The Hall–Kier alpha value is -2.97. The monoisotopic (exact) mass is 442 g/mol. The van der Waals surface area contributed by atoms with Crippen molar-refractivity contribution in [2.45, 2.75) is 13.5 Å². The quantitative estimate of drug-likeness (QED) is 0.647. The smallest absolute Gasteiger partial charge is 0.238 e. The lowest BCUT2D eigenvalue weighted by atomic mass is 10.2. The van der Waals surface area contributed by atoms with Gasteiger partial charge in [-0.15, -0.1) is 0 Å². The van der Waals surface area contributed by atoms with E-state index in [-0.39, 0.29) is 30.7 Å². The van der Waals surface area contributed by atoms with Crippen LogP contribution in [0, 0.1) is 5.82 Å². The van der Waals surface area contributed by atoms with Gasteiger partial charge >= 0.3 is 0 Å². The number of amides is 2. The second-order valence-electron chi connectivity index (χ2n) is 7.87. The fourth-order valence-corrected chi connectivity index (χ4v) is 3.52. The van der Waals surface area contributed by atoms with Crippen LogP contribution in [0.4, 0.5) is 15.8 Å². The summed E-state index contributed by atoms with van der Waals surface area (Å²) in [4.78, 5) is 30.7. The highest BCUT2D eigenvalue weighted by atomic mass is 19.1. The maximum Gasteiger partial charge on any atom is 0.238 e. The number of anilines is 2. The van der Waals surface area contributed by atoms with Crippen molar-refractivity contribution in [1.29, 1.82) is 0 Å². The molecule has 1 aliphatic rings. The van der Waals surface area contributed by atoms with E-state index in [4.69, 9.17) is 4.74 Å². The van der Waals surface area contributed by atoms with E-state index in [9.17, 15) is 14.0 Å². The van der Waals surface area contributed by atoms with Crippen LogP contribution in [-0.2, 0) is 20.9 Å². The first-order chi connectivity index (χ1) is 15.4. The predicted octanol–water partition coefficient (Wildman–Crippen LogP) is 2.58. The minimum atomic E-state index is -0.304. The summed E-state index contributed by atoms with van der Waals surface area (Å²) in [7, 11) is 1.70. The summed E-state index contributed by atoms with van der Waals surface area (Å²) in [5.41, 5.74) is 2.68. The summed E-state index contributed by atoms with van der Waals surface area (Å²) >= 11 is 0. The van der Waals surface area contributed by atoms with Crippen molar-refractivity contribution in [3.63, 3.8) is 0 Å². The maximum absolute atomic E-state index is 13.1. The third kappa shape index (κ3) is 7.03. The zero-order valence-electron chi connectivity index (χ0n) is 18.7. The van der Waals surface area contributed by atoms with Crippen molar-refractivity contribution in [3.05, 3.63) is 59.9 Å². The Balaban J connectivity index is 1.47. The molecule has 1 saturated heterocycles. The van der Waals surface area contributed by atoms with Crippen LogP contribution in [0.3, 0.4) is 0 Å². The summed E-state index contributed by atoms with van der Waals surface area (Å²) in [5, 5.41) is 2.90. The average molecular weight is 443 g/mol. The molecule has 172 valence electrons. The van der Waals surface area contributed by atoms with Gasteiger partial charge in [0.15, 0.2) is 0 Å². The van der Waals surface area contributed by atoms with E-state index in [0.29, 0.717) is 13.1 Å². The van der Waals surface area contributed by atoms with E-state index in [2.05, 4.69) is 10.2 Å². The molecule has 8 heteroatoms. The Morgan fingerprint density at radius 2 is 1.69 bits per heavy atom. The molecule has 1 fully saturated rings. The average Bonchev–Trinajstić information content (AvgIpc) is 2.81. The number of nitrogens with one attached hydrogen (secondary N) is 1. The Kier molecular flexibility index (Phi) is 8.58. The SMILES string of the molecule is CCN(CC(=O)Nc1ccc(N2CCOCC2)cc1)CC(=O)N(C)Cc1ccc(F)cc1. The maximum atomic E-state index is 13.1. The minimum absolute atomic E-state index is 0.0983. The zero-order valence-corrected chi connectivity index (χ0v) is 18.7. The van der Waals surface area contributed by atoms with Gasteiger partial charge < -0.3 is 19.9 Å². The highest BCUT2D eigenvalue weighted by Crippen LogP contribution is 2.19. The number of halogens is 1. The van der Waals surface area contributed by atoms with Crippen molar-refractivity contribution in [1.82, 2.24) is 9.80 Å². The number of hydrogen-bond donors (Lipinski definition) is 1. The van der Waals surface area contributed by atoms with Crippen LogP contribution in [0.5, 0.6) is 0 Å². The molecule has 1 aliphatic heterocycles. The summed E-state index contributed by atoms with van der Waals surface area (Å²) in [6.07, 6.45) is 0. The Bertz CT molecular complexity index is 883. The van der Waals surface area contributed by atoms with Gasteiger partial charge in [-0.05, 0) is 48.5 Å². The van der Waals surface area contributed by atoms with Crippen LogP contribution in [-0.4, -0.2) is 74.6 Å². The normalized spacial score (nSPS) is 13.8. The van der Waals surface area contributed by atoms with Crippen molar-refractivity contribution in [2.24, 2.45) is 0 Å². The molecule has 0 radical (unpaired) electrons. The number of rotatable bonds is 9. The molecule has 0 unspecified atom stereocenters. The lowest BCUT2D eigenvalue weighted by Gasteiger charge is -2.29. The molecule has 32 heavy (non-hydrogen) atoms. The molecule has 0 aromatic heterocycles. The van der Waals surface area contributed by atoms with Crippen molar-refractivity contribution < 1.29 is 18.7 Å². The van der Waals surface area contributed by atoms with Gasteiger partial charge in [-0.25, -0.2) is 4.39 Å². The number of morpholine rings is 1. The Morgan fingerprint density at radius 1 is 1.03 bits per heavy atom. The Morgan fingerprint density at radius 3 is 2.31 bits per heavy atom. The molecular formula is C24H31FN4O3. The van der Waals surface area contributed by atoms with Gasteiger partial charge in [0.05, 0.1) is 26.3 Å². The molecule has 0 aliphatic carbocycles. The van der Waals surface area contributed by atoms with Crippen molar-refractivity contribution in [2.75, 3.05) is 63.2 Å². The van der Waals surface area contributed by atoms with Gasteiger partial charge in [-0.3, -0.25) is 14.5 Å². The van der Waals surface area contributed by atoms with Crippen LogP contribution in [0.1, 0.15) is 12.5 Å². The van der Waals surface area contributed by atoms with Gasteiger partial charge in [0.25, 0.3) is 0 Å². The molecule has 0 atom stereocenters.